The van der Waals surface area contributed by atoms with E-state index in [1.165, 1.54) is 19.3 Å². The van der Waals surface area contributed by atoms with Gasteiger partial charge in [0.25, 0.3) is 0 Å². The maximum absolute atomic E-state index is 12.5. The summed E-state index contributed by atoms with van der Waals surface area (Å²) in [5.74, 6) is 0. The van der Waals surface area contributed by atoms with Gasteiger partial charge in [-0.15, -0.1) is 0 Å². The molecule has 0 radical (unpaired) electrons. The minimum atomic E-state index is 0.0237. The van der Waals surface area contributed by atoms with Crippen LogP contribution in [0.25, 0.3) is 0 Å². The lowest BCUT2D eigenvalue weighted by molar-refractivity contribution is 0.111. The lowest BCUT2D eigenvalue weighted by atomic mass is 10.1. The van der Waals surface area contributed by atoms with Crippen molar-refractivity contribution in [3.05, 3.63) is 0 Å². The minimum Gasteiger partial charge on any atom is -0.331 e. The van der Waals surface area contributed by atoms with Crippen molar-refractivity contribution in [2.45, 2.75) is 19.3 Å². The number of likely N-dealkylation sites (N-methyl/N-ethyl adjacent to an activating group) is 1. The number of carbonyl (C=O) groups excluding carboxylic acids is 2. The molecular weight excluding hydrogens is 294 g/mol. The van der Waals surface area contributed by atoms with E-state index in [4.69, 9.17) is 0 Å². The molecule has 7 nitrogen and oxygen atoms in total. The normalized spacial score (nSPS) is 19.6. The van der Waals surface area contributed by atoms with Crippen LogP contribution in [0, 0.1) is 0 Å². The number of likely N-dealkylation sites (tertiary alicyclic amines) is 1. The second kappa shape index (κ2) is 8.38. The molecule has 2 heterocycles. The molecule has 0 bridgehead atoms. The number of hydrogen-bond donors (Lipinski definition) is 0. The Morgan fingerprint density at radius 2 is 1.30 bits per heavy atom. The Morgan fingerprint density at radius 3 is 1.83 bits per heavy atom. The number of piperidine rings is 1. The second-order valence-electron chi connectivity index (χ2n) is 6.76. The highest BCUT2D eigenvalue weighted by Gasteiger charge is 2.26. The van der Waals surface area contributed by atoms with Gasteiger partial charge < -0.3 is 24.5 Å². The Labute approximate surface area is 139 Å². The van der Waals surface area contributed by atoms with Crippen LogP contribution >= 0.6 is 0 Å². The monoisotopic (exact) mass is 325 g/mol. The zero-order chi connectivity index (χ0) is 16.8. The lowest BCUT2D eigenvalue weighted by Gasteiger charge is -2.38. The highest BCUT2D eigenvalue weighted by atomic mass is 16.2. The van der Waals surface area contributed by atoms with Crippen molar-refractivity contribution in [2.24, 2.45) is 0 Å². The standard InChI is InChI=1S/C16H31N5O2/c1-17(2)15(22)20-11-13-21(14-12-20)16(23)18(3)9-10-19-7-5-4-6-8-19/h4-14H2,1-3H3. The molecule has 2 aliphatic heterocycles. The van der Waals surface area contributed by atoms with Crippen molar-refractivity contribution >= 4 is 12.1 Å². The van der Waals surface area contributed by atoms with Crippen LogP contribution < -0.4 is 0 Å². The SMILES string of the molecule is CN(C)C(=O)N1CCN(C(=O)N(C)CCN2CCCCC2)CC1. The first kappa shape index (κ1) is 17.8. The van der Waals surface area contributed by atoms with E-state index in [1.54, 1.807) is 23.9 Å². The molecule has 2 aliphatic rings. The molecule has 0 aliphatic carbocycles. The van der Waals surface area contributed by atoms with Gasteiger partial charge in [-0.05, 0) is 25.9 Å². The van der Waals surface area contributed by atoms with Crippen LogP contribution in [0.4, 0.5) is 9.59 Å². The van der Waals surface area contributed by atoms with Gasteiger partial charge in [0.05, 0.1) is 0 Å². The van der Waals surface area contributed by atoms with Gasteiger partial charge in [0.15, 0.2) is 0 Å². The first-order valence-corrected chi connectivity index (χ1v) is 8.67. The Bertz CT molecular complexity index is 401. The number of piperazine rings is 1. The summed E-state index contributed by atoms with van der Waals surface area (Å²) in [7, 11) is 5.39. The van der Waals surface area contributed by atoms with E-state index in [0.29, 0.717) is 26.2 Å². The smallest absolute Gasteiger partial charge is 0.319 e. The zero-order valence-electron chi connectivity index (χ0n) is 14.8. The van der Waals surface area contributed by atoms with Gasteiger partial charge in [-0.25, -0.2) is 9.59 Å². The van der Waals surface area contributed by atoms with E-state index >= 15 is 0 Å². The van der Waals surface area contributed by atoms with Gasteiger partial charge in [-0.1, -0.05) is 6.42 Å². The summed E-state index contributed by atoms with van der Waals surface area (Å²) in [5.41, 5.74) is 0. The summed E-state index contributed by atoms with van der Waals surface area (Å²) in [6.45, 7) is 6.52. The van der Waals surface area contributed by atoms with Gasteiger partial charge in [0.1, 0.15) is 0 Å². The summed E-state index contributed by atoms with van der Waals surface area (Å²) < 4.78 is 0. The number of amides is 4. The number of nitrogens with zero attached hydrogens (tertiary/aromatic N) is 5. The Morgan fingerprint density at radius 1 is 0.783 bits per heavy atom. The van der Waals surface area contributed by atoms with E-state index in [9.17, 15) is 9.59 Å². The quantitative estimate of drug-likeness (QED) is 0.772. The van der Waals surface area contributed by atoms with Crippen LogP contribution in [0.3, 0.4) is 0 Å². The van der Waals surface area contributed by atoms with Gasteiger partial charge in [-0.2, -0.15) is 0 Å². The molecule has 2 rings (SSSR count). The molecule has 0 unspecified atom stereocenters. The van der Waals surface area contributed by atoms with Crippen LogP contribution in [-0.4, -0.2) is 110 Å². The fraction of sp³-hybridized carbons (Fsp3) is 0.875. The summed E-state index contributed by atoms with van der Waals surface area (Å²) in [5, 5.41) is 0. The second-order valence-corrected chi connectivity index (χ2v) is 6.76. The van der Waals surface area contributed by atoms with Crippen molar-refractivity contribution in [3.63, 3.8) is 0 Å². The number of rotatable bonds is 3. The minimum absolute atomic E-state index is 0.0237. The fourth-order valence-electron chi connectivity index (χ4n) is 3.18. The summed E-state index contributed by atoms with van der Waals surface area (Å²) >= 11 is 0. The number of hydrogen-bond acceptors (Lipinski definition) is 3. The largest absolute Gasteiger partial charge is 0.331 e. The highest BCUT2D eigenvalue weighted by Crippen LogP contribution is 2.09. The zero-order valence-corrected chi connectivity index (χ0v) is 14.8. The van der Waals surface area contributed by atoms with Crippen molar-refractivity contribution in [2.75, 3.05) is 73.5 Å². The van der Waals surface area contributed by atoms with Crippen LogP contribution in [0.15, 0.2) is 0 Å². The maximum Gasteiger partial charge on any atom is 0.319 e. The molecule has 23 heavy (non-hydrogen) atoms. The molecule has 2 saturated heterocycles. The third-order valence-corrected chi connectivity index (χ3v) is 4.73. The van der Waals surface area contributed by atoms with Gasteiger partial charge >= 0.3 is 12.1 Å². The predicted molar refractivity (Wildman–Crippen MR) is 90.5 cm³/mol. The van der Waals surface area contributed by atoms with E-state index in [-0.39, 0.29) is 12.1 Å². The Kier molecular flexibility index (Phi) is 6.50. The molecule has 0 atom stereocenters. The molecule has 0 N–H and O–H groups in total. The molecule has 0 spiro atoms. The van der Waals surface area contributed by atoms with Gasteiger partial charge in [-0.3, -0.25) is 0 Å². The first-order valence-electron chi connectivity index (χ1n) is 8.67. The number of urea groups is 2. The van der Waals surface area contributed by atoms with Crippen molar-refractivity contribution < 1.29 is 9.59 Å². The molecule has 0 saturated carbocycles. The van der Waals surface area contributed by atoms with Crippen molar-refractivity contribution in [3.8, 4) is 0 Å². The molecule has 0 aromatic rings. The third kappa shape index (κ3) is 4.99. The summed E-state index contributed by atoms with van der Waals surface area (Å²) in [6, 6.07) is 0.106. The Balaban J connectivity index is 1.72. The molecule has 2 fully saturated rings. The predicted octanol–water partition coefficient (Wildman–Crippen LogP) is 0.823. The van der Waals surface area contributed by atoms with Crippen molar-refractivity contribution in [1.29, 1.82) is 0 Å². The fourth-order valence-corrected chi connectivity index (χ4v) is 3.18. The van der Waals surface area contributed by atoms with E-state index < -0.39 is 0 Å². The topological polar surface area (TPSA) is 50.3 Å². The number of carbonyl (C=O) groups is 2. The van der Waals surface area contributed by atoms with E-state index in [2.05, 4.69) is 4.90 Å². The molecule has 0 aromatic carbocycles. The maximum atomic E-state index is 12.5. The average molecular weight is 325 g/mol. The van der Waals surface area contributed by atoms with Crippen LogP contribution in [0.1, 0.15) is 19.3 Å². The molecule has 7 heteroatoms. The van der Waals surface area contributed by atoms with Gasteiger partial charge in [0.2, 0.25) is 0 Å². The van der Waals surface area contributed by atoms with Crippen LogP contribution in [-0.2, 0) is 0 Å². The van der Waals surface area contributed by atoms with Crippen LogP contribution in [0.2, 0.25) is 0 Å². The molecule has 0 aromatic heterocycles. The van der Waals surface area contributed by atoms with Crippen molar-refractivity contribution in [1.82, 2.24) is 24.5 Å². The van der Waals surface area contributed by atoms with Gasteiger partial charge in [0, 0.05) is 60.4 Å². The molecule has 132 valence electrons. The van der Waals surface area contributed by atoms with E-state index in [0.717, 1.165) is 26.2 Å². The summed E-state index contributed by atoms with van der Waals surface area (Å²) in [6.07, 6.45) is 3.89. The summed E-state index contributed by atoms with van der Waals surface area (Å²) in [4.78, 5) is 33.9. The average Bonchev–Trinajstić information content (AvgIpc) is 2.59. The molecular formula is C16H31N5O2. The van der Waals surface area contributed by atoms with E-state index in [1.807, 2.05) is 16.8 Å². The Hall–Kier alpha value is -1.50. The molecule has 4 amide bonds. The third-order valence-electron chi connectivity index (χ3n) is 4.73. The first-order chi connectivity index (χ1) is 11.0. The lowest BCUT2D eigenvalue weighted by Crippen LogP contribution is -2.55. The highest BCUT2D eigenvalue weighted by molar-refractivity contribution is 5.76. The van der Waals surface area contributed by atoms with Crippen LogP contribution in [0.5, 0.6) is 0 Å².